The summed E-state index contributed by atoms with van der Waals surface area (Å²) in [7, 11) is -6.26. The Morgan fingerprint density at radius 2 is 1.61 bits per heavy atom. The van der Waals surface area contributed by atoms with E-state index in [1.165, 1.54) is 0 Å². The van der Waals surface area contributed by atoms with Crippen molar-refractivity contribution in [2.45, 2.75) is 30.6 Å². The van der Waals surface area contributed by atoms with Crippen molar-refractivity contribution in [3.8, 4) is 0 Å². The van der Waals surface area contributed by atoms with E-state index in [1.807, 2.05) is 0 Å². The second kappa shape index (κ2) is 5.30. The van der Waals surface area contributed by atoms with Gasteiger partial charge in [-0.15, -0.1) is 0 Å². The van der Waals surface area contributed by atoms with Crippen LogP contribution in [0.1, 0.15) is 12.8 Å². The van der Waals surface area contributed by atoms with Gasteiger partial charge in [-0.3, -0.25) is 0 Å². The van der Waals surface area contributed by atoms with Gasteiger partial charge in [0.15, 0.2) is 6.10 Å². The lowest BCUT2D eigenvalue weighted by Crippen LogP contribution is -2.34. The smallest absolute Gasteiger partial charge is 0.479 e. The molecule has 0 aromatic heterocycles. The summed E-state index contributed by atoms with van der Waals surface area (Å²) in [5, 5.41) is 8.28. The summed E-state index contributed by atoms with van der Waals surface area (Å²) in [6.45, 7) is 0. The lowest BCUT2D eigenvalue weighted by molar-refractivity contribution is -0.153. The Morgan fingerprint density at radius 3 is 1.89 bits per heavy atom. The van der Waals surface area contributed by atoms with E-state index >= 15 is 0 Å². The third-order valence-corrected chi connectivity index (χ3v) is 2.54. The van der Waals surface area contributed by atoms with E-state index in [1.54, 1.807) is 0 Å². The van der Waals surface area contributed by atoms with Crippen molar-refractivity contribution in [3.05, 3.63) is 0 Å². The van der Waals surface area contributed by atoms with E-state index in [2.05, 4.69) is 4.18 Å². The zero-order valence-electron chi connectivity index (χ0n) is 8.25. The van der Waals surface area contributed by atoms with E-state index in [0.717, 1.165) is 0 Å². The number of alkyl halides is 6. The van der Waals surface area contributed by atoms with Gasteiger partial charge >= 0.3 is 27.8 Å². The van der Waals surface area contributed by atoms with Crippen LogP contribution < -0.4 is 0 Å². The molecule has 0 spiro atoms. The molecular formula is C6H6F6O5S. The molecule has 1 atom stereocenters. The molecule has 1 N–H and O–H groups in total. The largest absolute Gasteiger partial charge is 0.523 e. The van der Waals surface area contributed by atoms with Crippen LogP contribution >= 0.6 is 0 Å². The van der Waals surface area contributed by atoms with E-state index < -0.39 is 46.7 Å². The maximum atomic E-state index is 11.8. The Balaban J connectivity index is 4.82. The summed E-state index contributed by atoms with van der Waals surface area (Å²) in [5.41, 5.74) is -5.90. The van der Waals surface area contributed by atoms with E-state index in [4.69, 9.17) is 5.11 Å². The first kappa shape index (κ1) is 17.0. The standard InChI is InChI=1S/C6H6F6O5S/c7-5(8,9)2-1-3(4(13)14)17-18(15,16)6(10,11)12/h3H,1-2H2,(H,13,14)/t3-/m1/s1. The van der Waals surface area contributed by atoms with Gasteiger partial charge < -0.3 is 5.11 Å². The maximum absolute atomic E-state index is 11.8. The number of halogens is 6. The zero-order valence-corrected chi connectivity index (χ0v) is 9.06. The predicted octanol–water partition coefficient (Wildman–Crippen LogP) is 1.65. The highest BCUT2D eigenvalue weighted by Crippen LogP contribution is 2.28. The molecule has 0 aliphatic heterocycles. The quantitative estimate of drug-likeness (QED) is 0.474. The van der Waals surface area contributed by atoms with Gasteiger partial charge in [-0.1, -0.05) is 0 Å². The second-order valence-electron chi connectivity index (χ2n) is 2.98. The lowest BCUT2D eigenvalue weighted by atomic mass is 10.2. The van der Waals surface area contributed by atoms with Crippen LogP contribution in [0.4, 0.5) is 26.3 Å². The predicted molar refractivity (Wildman–Crippen MR) is 42.8 cm³/mol. The Labute approximate surface area is 96.5 Å². The SMILES string of the molecule is O=C(O)[C@@H](CCC(F)(F)F)OS(=O)(=O)C(F)(F)F. The van der Waals surface area contributed by atoms with Gasteiger partial charge in [0.1, 0.15) is 0 Å². The first-order valence-corrected chi connectivity index (χ1v) is 5.46. The van der Waals surface area contributed by atoms with Crippen molar-refractivity contribution in [3.63, 3.8) is 0 Å². The second-order valence-corrected chi connectivity index (χ2v) is 4.54. The summed E-state index contributed by atoms with van der Waals surface area (Å²) in [5.74, 6) is -2.24. The third-order valence-electron chi connectivity index (χ3n) is 1.49. The van der Waals surface area contributed by atoms with Crippen molar-refractivity contribution in [2.75, 3.05) is 0 Å². The number of hydrogen-bond acceptors (Lipinski definition) is 4. The Bertz CT molecular complexity index is 396. The number of carbonyl (C=O) groups is 1. The summed E-state index contributed by atoms with van der Waals surface area (Å²) in [6.07, 6.45) is -10.8. The first-order valence-electron chi connectivity index (χ1n) is 4.05. The Morgan fingerprint density at radius 1 is 1.17 bits per heavy atom. The highest BCUT2D eigenvalue weighted by atomic mass is 32.2. The van der Waals surface area contributed by atoms with Crippen molar-refractivity contribution in [2.24, 2.45) is 0 Å². The normalized spacial score (nSPS) is 15.4. The van der Waals surface area contributed by atoms with Gasteiger partial charge in [0, 0.05) is 6.42 Å². The number of aliphatic carboxylic acids is 1. The Hall–Kier alpha value is -1.04. The van der Waals surface area contributed by atoms with Crippen molar-refractivity contribution in [1.82, 2.24) is 0 Å². The fourth-order valence-electron chi connectivity index (χ4n) is 0.715. The molecule has 0 aromatic carbocycles. The van der Waals surface area contributed by atoms with Crippen LogP contribution in [-0.4, -0.2) is 37.3 Å². The van der Waals surface area contributed by atoms with Gasteiger partial charge in [-0.05, 0) is 6.42 Å². The zero-order chi connectivity index (χ0) is 14.8. The number of carboxylic acids is 1. The highest BCUT2D eigenvalue weighted by Gasteiger charge is 2.49. The monoisotopic (exact) mass is 304 g/mol. The molecular weight excluding hydrogens is 298 g/mol. The molecule has 0 amide bonds. The van der Waals surface area contributed by atoms with Crippen LogP contribution in [0, 0.1) is 0 Å². The molecule has 0 bridgehead atoms. The molecule has 0 aliphatic carbocycles. The number of rotatable bonds is 5. The summed E-state index contributed by atoms with van der Waals surface area (Å²) < 4.78 is 94.6. The van der Waals surface area contributed by atoms with Crippen LogP contribution in [0.5, 0.6) is 0 Å². The van der Waals surface area contributed by atoms with Gasteiger partial charge in [0.2, 0.25) is 0 Å². The minimum atomic E-state index is -6.26. The average Bonchev–Trinajstić information content (AvgIpc) is 2.08. The maximum Gasteiger partial charge on any atom is 0.523 e. The molecule has 0 aromatic rings. The van der Waals surface area contributed by atoms with Crippen molar-refractivity contribution >= 4 is 16.1 Å². The minimum absolute atomic E-state index is 1.45. The number of hydrogen-bond donors (Lipinski definition) is 1. The topological polar surface area (TPSA) is 80.7 Å². The molecule has 18 heavy (non-hydrogen) atoms. The number of carboxylic acid groups (broad SMARTS) is 1. The third kappa shape index (κ3) is 5.53. The minimum Gasteiger partial charge on any atom is -0.479 e. The molecule has 5 nitrogen and oxygen atoms in total. The molecule has 0 saturated heterocycles. The fourth-order valence-corrected chi connectivity index (χ4v) is 1.31. The molecule has 0 fully saturated rings. The van der Waals surface area contributed by atoms with Crippen LogP contribution in [0.25, 0.3) is 0 Å². The van der Waals surface area contributed by atoms with E-state index in [9.17, 15) is 39.6 Å². The molecule has 108 valence electrons. The molecule has 12 heteroatoms. The van der Waals surface area contributed by atoms with Crippen LogP contribution in [0.2, 0.25) is 0 Å². The Kier molecular flexibility index (Phi) is 4.99. The van der Waals surface area contributed by atoms with E-state index in [-0.39, 0.29) is 0 Å². The summed E-state index contributed by atoms with van der Waals surface area (Å²) in [4.78, 5) is 10.3. The van der Waals surface area contributed by atoms with Crippen LogP contribution in [0.3, 0.4) is 0 Å². The molecule has 0 aliphatic rings. The van der Waals surface area contributed by atoms with Gasteiger partial charge in [0.05, 0.1) is 0 Å². The van der Waals surface area contributed by atoms with Crippen molar-refractivity contribution in [1.29, 1.82) is 0 Å². The molecule has 0 heterocycles. The summed E-state index contributed by atoms with van der Waals surface area (Å²) in [6, 6.07) is 0. The first-order chi connectivity index (χ1) is 7.76. The van der Waals surface area contributed by atoms with Gasteiger partial charge in [0.25, 0.3) is 0 Å². The molecule has 0 unspecified atom stereocenters. The van der Waals surface area contributed by atoms with E-state index in [0.29, 0.717) is 0 Å². The molecule has 0 saturated carbocycles. The fraction of sp³-hybridized carbons (Fsp3) is 0.833. The van der Waals surface area contributed by atoms with Crippen molar-refractivity contribution < 1.29 is 48.8 Å². The summed E-state index contributed by atoms with van der Waals surface area (Å²) >= 11 is 0. The van der Waals surface area contributed by atoms with Gasteiger partial charge in [-0.2, -0.15) is 34.8 Å². The van der Waals surface area contributed by atoms with Crippen LogP contribution in [-0.2, 0) is 19.1 Å². The van der Waals surface area contributed by atoms with Crippen LogP contribution in [0.15, 0.2) is 0 Å². The average molecular weight is 304 g/mol. The molecule has 0 radical (unpaired) electrons. The lowest BCUT2D eigenvalue weighted by Gasteiger charge is -2.15. The molecule has 0 rings (SSSR count). The van der Waals surface area contributed by atoms with Gasteiger partial charge in [-0.25, -0.2) is 8.98 Å². The highest BCUT2D eigenvalue weighted by molar-refractivity contribution is 7.87.